The van der Waals surface area contributed by atoms with Gasteiger partial charge in [-0.2, -0.15) is 5.26 Å². The van der Waals surface area contributed by atoms with Crippen LogP contribution < -0.4 is 4.90 Å². The number of nitriles is 1. The van der Waals surface area contributed by atoms with Crippen LogP contribution in [0.5, 0.6) is 0 Å². The molecule has 0 spiro atoms. The molecule has 0 radical (unpaired) electrons. The lowest BCUT2D eigenvalue weighted by Crippen LogP contribution is -2.40. The van der Waals surface area contributed by atoms with Gasteiger partial charge in [0.2, 0.25) is 0 Å². The van der Waals surface area contributed by atoms with Crippen molar-refractivity contribution >= 4 is 35.0 Å². The van der Waals surface area contributed by atoms with Gasteiger partial charge in [-0.1, -0.05) is 29.3 Å². The van der Waals surface area contributed by atoms with E-state index in [1.54, 1.807) is 11.0 Å². The van der Waals surface area contributed by atoms with E-state index in [9.17, 15) is 10.1 Å². The molecule has 0 N–H and O–H groups in total. The number of rotatable bonds is 2. The van der Waals surface area contributed by atoms with Crippen molar-refractivity contribution in [2.45, 2.75) is 52.2 Å². The van der Waals surface area contributed by atoms with Crippen LogP contribution in [-0.4, -0.2) is 36.2 Å². The molecule has 2 heterocycles. The number of fused-ring (bicyclic) bond motifs is 1. The maximum Gasteiger partial charge on any atom is 0.410 e. The maximum absolute atomic E-state index is 12.8. The largest absolute Gasteiger partial charge is 0.444 e. The number of hydrogen-bond donors (Lipinski definition) is 0. The SMILES string of the molecule is CC(C)(C)OC(=O)N1CCc2c(C#N)c(N3CCCC3)cc(-c3ccc(Cl)cc3Cl)c2C1. The molecule has 0 unspecified atom stereocenters. The predicted molar refractivity (Wildman–Crippen MR) is 128 cm³/mol. The van der Waals surface area contributed by atoms with Gasteiger partial charge in [0.25, 0.3) is 0 Å². The Morgan fingerprint density at radius 1 is 1.06 bits per heavy atom. The van der Waals surface area contributed by atoms with Crippen LogP contribution in [0.3, 0.4) is 0 Å². The molecule has 2 aliphatic rings. The molecule has 168 valence electrons. The fourth-order valence-electron chi connectivity index (χ4n) is 4.50. The summed E-state index contributed by atoms with van der Waals surface area (Å²) in [5.74, 6) is 0. The fraction of sp³-hybridized carbons (Fsp3) is 0.440. The van der Waals surface area contributed by atoms with Gasteiger partial charge in [0.05, 0.1) is 11.3 Å². The van der Waals surface area contributed by atoms with E-state index in [1.807, 2.05) is 32.9 Å². The molecule has 7 heteroatoms. The second kappa shape index (κ2) is 8.84. The predicted octanol–water partition coefficient (Wildman–Crippen LogP) is 6.43. The standard InChI is InChI=1S/C25H27Cl2N3O2/c1-25(2,3)32-24(31)30-11-8-17-20(14-28)23(29-9-4-5-10-29)13-19(21(17)15-30)18-7-6-16(26)12-22(18)27/h6-7,12-13H,4-5,8-11,15H2,1-3H3. The van der Waals surface area contributed by atoms with Crippen molar-refractivity contribution in [3.05, 3.63) is 51.0 Å². The smallest absolute Gasteiger partial charge is 0.410 e. The van der Waals surface area contributed by atoms with Gasteiger partial charge in [-0.05, 0) is 74.9 Å². The van der Waals surface area contributed by atoms with Gasteiger partial charge in [-0.15, -0.1) is 0 Å². The fourth-order valence-corrected chi connectivity index (χ4v) is 5.01. The zero-order valence-corrected chi connectivity index (χ0v) is 20.2. The van der Waals surface area contributed by atoms with Crippen LogP contribution in [0, 0.1) is 11.3 Å². The van der Waals surface area contributed by atoms with Gasteiger partial charge in [-0.25, -0.2) is 4.79 Å². The molecule has 1 fully saturated rings. The third kappa shape index (κ3) is 4.53. The number of benzene rings is 2. The Morgan fingerprint density at radius 2 is 1.78 bits per heavy atom. The number of anilines is 1. The monoisotopic (exact) mass is 471 g/mol. The topological polar surface area (TPSA) is 56.6 Å². The van der Waals surface area contributed by atoms with Gasteiger partial charge in [0, 0.05) is 41.8 Å². The summed E-state index contributed by atoms with van der Waals surface area (Å²) in [7, 11) is 0. The average molecular weight is 472 g/mol. The van der Waals surface area contributed by atoms with E-state index in [4.69, 9.17) is 27.9 Å². The van der Waals surface area contributed by atoms with Crippen molar-refractivity contribution in [3.63, 3.8) is 0 Å². The van der Waals surface area contributed by atoms with Crippen LogP contribution >= 0.6 is 23.2 Å². The number of nitrogens with zero attached hydrogens (tertiary/aromatic N) is 3. The highest BCUT2D eigenvalue weighted by atomic mass is 35.5. The second-order valence-corrected chi connectivity index (χ2v) is 10.2. The van der Waals surface area contributed by atoms with Crippen molar-refractivity contribution in [3.8, 4) is 17.2 Å². The van der Waals surface area contributed by atoms with E-state index in [0.29, 0.717) is 35.1 Å². The molecule has 2 aromatic rings. The van der Waals surface area contributed by atoms with E-state index in [-0.39, 0.29) is 6.09 Å². The molecule has 1 saturated heterocycles. The van der Waals surface area contributed by atoms with Crippen LogP contribution in [0.15, 0.2) is 24.3 Å². The van der Waals surface area contributed by atoms with E-state index in [0.717, 1.165) is 53.9 Å². The first-order chi connectivity index (χ1) is 15.2. The summed E-state index contributed by atoms with van der Waals surface area (Å²) >= 11 is 12.8. The van der Waals surface area contributed by atoms with Gasteiger partial charge in [-0.3, -0.25) is 0 Å². The Morgan fingerprint density at radius 3 is 2.41 bits per heavy atom. The normalized spacial score (nSPS) is 16.0. The zero-order valence-electron chi connectivity index (χ0n) is 18.7. The summed E-state index contributed by atoms with van der Waals surface area (Å²) in [6, 6.07) is 9.98. The molecule has 2 aromatic carbocycles. The summed E-state index contributed by atoms with van der Waals surface area (Å²) < 4.78 is 5.61. The molecule has 0 bridgehead atoms. The van der Waals surface area contributed by atoms with Crippen LogP contribution in [0.25, 0.3) is 11.1 Å². The third-order valence-corrected chi connectivity index (χ3v) is 6.49. The molecular weight excluding hydrogens is 445 g/mol. The quantitative estimate of drug-likeness (QED) is 0.506. The summed E-state index contributed by atoms with van der Waals surface area (Å²) in [5.41, 5.74) is 4.83. The lowest BCUT2D eigenvalue weighted by molar-refractivity contribution is 0.0224. The molecule has 0 aromatic heterocycles. The van der Waals surface area contributed by atoms with Crippen molar-refractivity contribution < 1.29 is 9.53 Å². The summed E-state index contributed by atoms with van der Waals surface area (Å²) in [4.78, 5) is 16.8. The number of carbonyl (C=O) groups excluding carboxylic acids is 1. The lowest BCUT2D eigenvalue weighted by atomic mass is 9.86. The van der Waals surface area contributed by atoms with E-state index < -0.39 is 5.60 Å². The molecule has 0 saturated carbocycles. The van der Waals surface area contributed by atoms with Crippen molar-refractivity contribution in [1.82, 2.24) is 4.90 Å². The molecule has 2 aliphatic heterocycles. The van der Waals surface area contributed by atoms with Crippen LogP contribution in [-0.2, 0) is 17.7 Å². The van der Waals surface area contributed by atoms with E-state index >= 15 is 0 Å². The van der Waals surface area contributed by atoms with E-state index in [1.165, 1.54) is 0 Å². The number of carbonyl (C=O) groups is 1. The Labute approximate surface area is 199 Å². The van der Waals surface area contributed by atoms with E-state index in [2.05, 4.69) is 17.0 Å². The molecule has 32 heavy (non-hydrogen) atoms. The summed E-state index contributed by atoms with van der Waals surface area (Å²) in [6.07, 6.45) is 2.48. The number of halogens is 2. The molecular formula is C25H27Cl2N3O2. The Hall–Kier alpha value is -2.42. The zero-order chi connectivity index (χ0) is 23.0. The van der Waals surface area contributed by atoms with Crippen molar-refractivity contribution in [2.24, 2.45) is 0 Å². The molecule has 5 nitrogen and oxygen atoms in total. The Kier molecular flexibility index (Phi) is 6.29. The molecule has 0 aliphatic carbocycles. The first-order valence-corrected chi connectivity index (χ1v) is 11.7. The minimum Gasteiger partial charge on any atom is -0.444 e. The minimum atomic E-state index is -0.572. The first-order valence-electron chi connectivity index (χ1n) is 10.9. The van der Waals surface area contributed by atoms with Gasteiger partial charge in [0.1, 0.15) is 11.7 Å². The molecule has 4 rings (SSSR count). The van der Waals surface area contributed by atoms with Crippen molar-refractivity contribution in [2.75, 3.05) is 24.5 Å². The van der Waals surface area contributed by atoms with Crippen LogP contribution in [0.1, 0.15) is 50.3 Å². The first kappa shape index (κ1) is 22.8. The van der Waals surface area contributed by atoms with Crippen LogP contribution in [0.2, 0.25) is 10.0 Å². The van der Waals surface area contributed by atoms with Crippen LogP contribution in [0.4, 0.5) is 10.5 Å². The maximum atomic E-state index is 12.8. The molecule has 0 atom stereocenters. The average Bonchev–Trinajstić information content (AvgIpc) is 3.26. The molecule has 1 amide bonds. The second-order valence-electron chi connectivity index (χ2n) is 9.36. The number of hydrogen-bond acceptors (Lipinski definition) is 4. The van der Waals surface area contributed by atoms with Gasteiger partial charge < -0.3 is 14.5 Å². The van der Waals surface area contributed by atoms with Gasteiger partial charge in [0.15, 0.2) is 0 Å². The van der Waals surface area contributed by atoms with Gasteiger partial charge >= 0.3 is 6.09 Å². The number of ether oxygens (including phenoxy) is 1. The summed E-state index contributed by atoms with van der Waals surface area (Å²) in [5, 5.41) is 11.2. The Balaban J connectivity index is 1.85. The Bertz CT molecular complexity index is 1100. The number of amides is 1. The lowest BCUT2D eigenvalue weighted by Gasteiger charge is -2.34. The van der Waals surface area contributed by atoms with Crippen molar-refractivity contribution in [1.29, 1.82) is 5.26 Å². The highest BCUT2D eigenvalue weighted by molar-refractivity contribution is 6.36. The third-order valence-electron chi connectivity index (χ3n) is 5.94. The highest BCUT2D eigenvalue weighted by Crippen LogP contribution is 2.42. The minimum absolute atomic E-state index is 0.349. The summed E-state index contributed by atoms with van der Waals surface area (Å²) in [6.45, 7) is 8.32. The highest BCUT2D eigenvalue weighted by Gasteiger charge is 2.31.